The summed E-state index contributed by atoms with van der Waals surface area (Å²) < 4.78 is 1.69. The van der Waals surface area contributed by atoms with Crippen molar-refractivity contribution in [2.75, 3.05) is 23.7 Å². The third-order valence-corrected chi connectivity index (χ3v) is 5.90. The van der Waals surface area contributed by atoms with Gasteiger partial charge >= 0.3 is 6.03 Å². The van der Waals surface area contributed by atoms with Crippen LogP contribution in [0.3, 0.4) is 0 Å². The Morgan fingerprint density at radius 1 is 1.03 bits per heavy atom. The minimum absolute atomic E-state index is 0.0821. The Labute approximate surface area is 212 Å². The zero-order valence-electron chi connectivity index (χ0n) is 21.3. The molecule has 0 bridgehead atoms. The second kappa shape index (κ2) is 11.0. The number of aryl methyl sites for hydroxylation is 2. The zero-order valence-corrected chi connectivity index (χ0v) is 22.0. The topological polar surface area (TPSA) is 79.3 Å². The number of rotatable bonds is 7. The number of nitrogens with zero attached hydrogens (tertiary/aromatic N) is 3. The van der Waals surface area contributed by atoms with Crippen molar-refractivity contribution in [3.05, 3.63) is 70.4 Å². The van der Waals surface area contributed by atoms with Crippen molar-refractivity contribution in [1.29, 1.82) is 0 Å². The number of anilines is 2. The Morgan fingerprint density at radius 3 is 2.23 bits per heavy atom. The van der Waals surface area contributed by atoms with Gasteiger partial charge in [0, 0.05) is 28.7 Å². The molecular weight excluding hydrogens is 462 g/mol. The molecule has 0 aliphatic rings. The number of benzene rings is 2. The van der Waals surface area contributed by atoms with E-state index in [0.717, 1.165) is 34.6 Å². The van der Waals surface area contributed by atoms with Gasteiger partial charge in [-0.05, 0) is 55.7 Å². The van der Waals surface area contributed by atoms with Crippen molar-refractivity contribution >= 4 is 35.0 Å². The predicted octanol–water partition coefficient (Wildman–Crippen LogP) is 6.32. The van der Waals surface area contributed by atoms with Gasteiger partial charge in [0.05, 0.1) is 11.4 Å². The molecule has 35 heavy (non-hydrogen) atoms. The second-order valence-corrected chi connectivity index (χ2v) is 10.2. The quantitative estimate of drug-likeness (QED) is 0.402. The third kappa shape index (κ3) is 6.63. The van der Waals surface area contributed by atoms with Crippen LogP contribution in [0.5, 0.6) is 0 Å². The molecular formula is C27H34ClN5O2. The van der Waals surface area contributed by atoms with E-state index in [0.29, 0.717) is 17.4 Å². The maximum Gasteiger partial charge on any atom is 0.322 e. The van der Waals surface area contributed by atoms with Crippen molar-refractivity contribution in [3.63, 3.8) is 0 Å². The van der Waals surface area contributed by atoms with E-state index in [-0.39, 0.29) is 23.9 Å². The van der Waals surface area contributed by atoms with Crippen LogP contribution in [0.15, 0.2) is 48.5 Å². The van der Waals surface area contributed by atoms with Gasteiger partial charge in [-0.15, -0.1) is 0 Å². The monoisotopic (exact) mass is 495 g/mol. The largest absolute Gasteiger partial charge is 0.322 e. The molecule has 3 amide bonds. The molecule has 0 aliphatic heterocycles. The van der Waals surface area contributed by atoms with Gasteiger partial charge < -0.3 is 15.5 Å². The molecule has 0 saturated carbocycles. The molecule has 0 unspecified atom stereocenters. The lowest BCUT2D eigenvalue weighted by atomic mass is 9.92. The molecule has 0 spiro atoms. The molecule has 1 aromatic heterocycles. The molecule has 2 N–H and O–H groups in total. The number of para-hydroxylation sites is 1. The Kier molecular flexibility index (Phi) is 8.22. The minimum Gasteiger partial charge on any atom is -0.315 e. The molecule has 0 radical (unpaired) electrons. The first-order chi connectivity index (χ1) is 16.5. The number of amides is 3. The lowest BCUT2D eigenvalue weighted by Crippen LogP contribution is -2.41. The number of halogens is 1. The summed E-state index contributed by atoms with van der Waals surface area (Å²) in [5, 5.41) is 11.3. The fourth-order valence-electron chi connectivity index (χ4n) is 3.69. The van der Waals surface area contributed by atoms with Crippen molar-refractivity contribution < 1.29 is 9.59 Å². The van der Waals surface area contributed by atoms with E-state index in [1.54, 1.807) is 16.8 Å². The predicted molar refractivity (Wildman–Crippen MR) is 143 cm³/mol. The number of carbonyl (C=O) groups is 2. The summed E-state index contributed by atoms with van der Waals surface area (Å²) in [5.41, 5.74) is 4.12. The van der Waals surface area contributed by atoms with Gasteiger partial charge in [-0.3, -0.25) is 4.79 Å². The number of hydrogen-bond acceptors (Lipinski definition) is 3. The summed E-state index contributed by atoms with van der Waals surface area (Å²) in [6.45, 7) is 12.4. The van der Waals surface area contributed by atoms with Gasteiger partial charge in [-0.25, -0.2) is 9.48 Å². The lowest BCUT2D eigenvalue weighted by Gasteiger charge is -2.23. The Morgan fingerprint density at radius 2 is 1.66 bits per heavy atom. The van der Waals surface area contributed by atoms with Gasteiger partial charge in [0.25, 0.3) is 0 Å². The number of hydrogen-bond donors (Lipinski definition) is 2. The molecule has 3 aromatic rings. The van der Waals surface area contributed by atoms with E-state index in [2.05, 4.69) is 31.4 Å². The molecule has 2 aromatic carbocycles. The molecule has 186 valence electrons. The SMILES string of the molecule is CCCN(CC(=O)Nc1cc(C(C)(C)C)nn1-c1ccc(Cl)cc1)C(=O)Nc1c(C)cccc1C. The number of aromatic nitrogens is 2. The van der Waals surface area contributed by atoms with E-state index < -0.39 is 0 Å². The molecule has 0 saturated heterocycles. The molecule has 1 heterocycles. The highest BCUT2D eigenvalue weighted by Crippen LogP contribution is 2.27. The van der Waals surface area contributed by atoms with Crippen LogP contribution in [-0.2, 0) is 10.2 Å². The summed E-state index contributed by atoms with van der Waals surface area (Å²) in [5.74, 6) is 0.236. The van der Waals surface area contributed by atoms with Gasteiger partial charge in [-0.2, -0.15) is 5.10 Å². The highest BCUT2D eigenvalue weighted by molar-refractivity contribution is 6.30. The average molecular weight is 496 g/mol. The maximum absolute atomic E-state index is 13.1. The van der Waals surface area contributed by atoms with Crippen LogP contribution < -0.4 is 10.6 Å². The van der Waals surface area contributed by atoms with Crippen molar-refractivity contribution in [2.45, 2.75) is 53.4 Å². The third-order valence-electron chi connectivity index (χ3n) is 5.64. The van der Waals surface area contributed by atoms with Crippen molar-refractivity contribution in [3.8, 4) is 5.69 Å². The molecule has 3 rings (SSSR count). The Hall–Kier alpha value is -3.32. The van der Waals surface area contributed by atoms with E-state index in [4.69, 9.17) is 16.7 Å². The standard InChI is InChI=1S/C27H34ClN5O2/c1-7-15-32(26(35)30-25-18(2)9-8-10-19(25)3)17-24(34)29-23-16-22(27(4,5)6)31-33(23)21-13-11-20(28)12-14-21/h8-14,16H,7,15,17H2,1-6H3,(H,29,34)(H,30,35). The summed E-state index contributed by atoms with van der Waals surface area (Å²) in [6, 6.07) is 14.7. The first kappa shape index (κ1) is 26.3. The van der Waals surface area contributed by atoms with Crippen LogP contribution in [0, 0.1) is 13.8 Å². The van der Waals surface area contributed by atoms with Crippen LogP contribution in [0.25, 0.3) is 5.69 Å². The van der Waals surface area contributed by atoms with E-state index in [1.165, 1.54) is 4.90 Å². The van der Waals surface area contributed by atoms with Gasteiger partial charge in [0.1, 0.15) is 12.4 Å². The number of nitrogens with one attached hydrogen (secondary N) is 2. The normalized spacial score (nSPS) is 11.3. The molecule has 0 aliphatic carbocycles. The summed E-state index contributed by atoms with van der Waals surface area (Å²) in [4.78, 5) is 27.7. The van der Waals surface area contributed by atoms with E-state index in [1.807, 2.05) is 57.2 Å². The summed E-state index contributed by atoms with van der Waals surface area (Å²) in [6.07, 6.45) is 0.727. The van der Waals surface area contributed by atoms with Crippen LogP contribution in [0.2, 0.25) is 5.02 Å². The fraction of sp³-hybridized carbons (Fsp3) is 0.370. The lowest BCUT2D eigenvalue weighted by molar-refractivity contribution is -0.116. The molecule has 0 atom stereocenters. The maximum atomic E-state index is 13.1. The Balaban J connectivity index is 1.81. The average Bonchev–Trinajstić information content (AvgIpc) is 3.20. The van der Waals surface area contributed by atoms with Gasteiger partial charge in [-0.1, -0.05) is 57.5 Å². The van der Waals surface area contributed by atoms with E-state index >= 15 is 0 Å². The molecule has 0 fully saturated rings. The van der Waals surface area contributed by atoms with Gasteiger partial charge in [0.15, 0.2) is 0 Å². The van der Waals surface area contributed by atoms with Crippen LogP contribution in [-0.4, -0.2) is 39.7 Å². The first-order valence-electron chi connectivity index (χ1n) is 11.8. The number of urea groups is 1. The van der Waals surface area contributed by atoms with Crippen LogP contribution in [0.4, 0.5) is 16.3 Å². The van der Waals surface area contributed by atoms with Crippen LogP contribution >= 0.6 is 11.6 Å². The fourth-order valence-corrected chi connectivity index (χ4v) is 3.82. The zero-order chi connectivity index (χ0) is 25.8. The van der Waals surface area contributed by atoms with Crippen molar-refractivity contribution in [1.82, 2.24) is 14.7 Å². The second-order valence-electron chi connectivity index (χ2n) is 9.72. The highest BCUT2D eigenvalue weighted by atomic mass is 35.5. The first-order valence-corrected chi connectivity index (χ1v) is 12.2. The van der Waals surface area contributed by atoms with Crippen LogP contribution in [0.1, 0.15) is 50.9 Å². The minimum atomic E-state index is -0.305. The number of carbonyl (C=O) groups excluding carboxylic acids is 2. The van der Waals surface area contributed by atoms with Crippen molar-refractivity contribution in [2.24, 2.45) is 0 Å². The highest BCUT2D eigenvalue weighted by Gasteiger charge is 2.23. The smallest absolute Gasteiger partial charge is 0.315 e. The summed E-state index contributed by atoms with van der Waals surface area (Å²) in [7, 11) is 0. The summed E-state index contributed by atoms with van der Waals surface area (Å²) >= 11 is 6.05. The Bertz CT molecular complexity index is 1180. The van der Waals surface area contributed by atoms with Gasteiger partial charge in [0.2, 0.25) is 5.91 Å². The molecule has 7 nitrogen and oxygen atoms in total. The van der Waals surface area contributed by atoms with E-state index in [9.17, 15) is 9.59 Å². The molecule has 8 heteroatoms.